The Labute approximate surface area is 224 Å². The van der Waals surface area contributed by atoms with Crippen LogP contribution in [0.15, 0.2) is 12.3 Å². The van der Waals surface area contributed by atoms with Gasteiger partial charge in [-0.15, -0.1) is 0 Å². The van der Waals surface area contributed by atoms with Crippen LogP contribution >= 0.6 is 0 Å². The van der Waals surface area contributed by atoms with E-state index in [9.17, 15) is 22.9 Å². The Balaban J connectivity index is 1.83. The van der Waals surface area contributed by atoms with Crippen LogP contribution in [0, 0.1) is 12.3 Å². The minimum atomic E-state index is -3.04. The number of ether oxygens (including phenoxy) is 1. The van der Waals surface area contributed by atoms with Crippen LogP contribution in [0.5, 0.6) is 5.75 Å². The molecule has 1 atom stereocenters. The summed E-state index contributed by atoms with van der Waals surface area (Å²) in [5, 5.41) is 18.1. The smallest absolute Gasteiger partial charge is 0.387 e. The molecule has 1 amide bonds. The summed E-state index contributed by atoms with van der Waals surface area (Å²) in [7, 11) is 0. The van der Waals surface area contributed by atoms with Gasteiger partial charge in [0.15, 0.2) is 5.69 Å². The van der Waals surface area contributed by atoms with E-state index in [-0.39, 0.29) is 29.4 Å². The Hall–Kier alpha value is -2.48. The van der Waals surface area contributed by atoms with Gasteiger partial charge >= 0.3 is 6.61 Å². The Morgan fingerprint density at radius 2 is 2.00 bits per heavy atom. The van der Waals surface area contributed by atoms with Crippen LogP contribution in [0.3, 0.4) is 0 Å². The van der Waals surface area contributed by atoms with E-state index in [1.54, 1.807) is 11.6 Å². The molecule has 10 nitrogen and oxygen atoms in total. The number of nitrogens with zero attached hydrogens (tertiary/aromatic N) is 3. The number of carbonyl (C=O) groups excluding carboxylic acids is 1. The number of pyridine rings is 1. The lowest BCUT2D eigenvalue weighted by molar-refractivity contribution is -0.0495. The predicted octanol–water partition coefficient (Wildman–Crippen LogP) is 3.59. The number of carbonyl (C=O) groups is 1. The zero-order valence-electron chi connectivity index (χ0n) is 22.4. The van der Waals surface area contributed by atoms with Crippen molar-refractivity contribution in [3.63, 3.8) is 0 Å². The molecule has 0 radical (unpaired) electrons. The van der Waals surface area contributed by atoms with Crippen LogP contribution in [0.1, 0.15) is 75.1 Å². The first-order valence-corrected chi connectivity index (χ1v) is 13.7. The summed E-state index contributed by atoms with van der Waals surface area (Å²) in [6, 6.07) is 1.32. The van der Waals surface area contributed by atoms with Crippen LogP contribution in [0.2, 0.25) is 0 Å². The van der Waals surface area contributed by atoms with Gasteiger partial charge in [0.2, 0.25) is 11.3 Å². The van der Waals surface area contributed by atoms with E-state index < -0.39 is 29.4 Å². The maximum absolute atomic E-state index is 13.3. The second kappa shape index (κ2) is 12.1. The quantitative estimate of drug-likeness (QED) is 0.328. The van der Waals surface area contributed by atoms with Gasteiger partial charge in [0.1, 0.15) is 5.75 Å². The zero-order chi connectivity index (χ0) is 28.3. The third-order valence-electron chi connectivity index (χ3n) is 6.57. The van der Waals surface area contributed by atoms with Crippen molar-refractivity contribution in [3.8, 4) is 17.0 Å². The van der Waals surface area contributed by atoms with E-state index in [1.807, 2.05) is 27.7 Å². The van der Waals surface area contributed by atoms with E-state index in [0.29, 0.717) is 61.2 Å². The van der Waals surface area contributed by atoms with Crippen LogP contribution < -0.4 is 14.8 Å². The Morgan fingerprint density at radius 1 is 1.34 bits per heavy atom. The molecule has 0 saturated heterocycles. The molecular weight excluding hydrogens is 520 g/mol. The second-order valence-corrected chi connectivity index (χ2v) is 11.7. The number of halogens is 2. The fraction of sp³-hybridized carbons (Fsp3) is 0.640. The van der Waals surface area contributed by atoms with Gasteiger partial charge in [0, 0.05) is 42.7 Å². The maximum Gasteiger partial charge on any atom is 0.387 e. The largest absolute Gasteiger partial charge is 0.434 e. The van der Waals surface area contributed by atoms with Crippen LogP contribution in [0.4, 0.5) is 8.78 Å². The average molecular weight is 558 g/mol. The zero-order valence-corrected chi connectivity index (χ0v) is 23.2. The van der Waals surface area contributed by atoms with Gasteiger partial charge in [-0.05, 0) is 51.4 Å². The number of alkyl halides is 2. The topological polar surface area (TPSA) is 139 Å². The number of hydrogen-bond acceptors (Lipinski definition) is 6. The molecule has 3 rings (SSSR count). The molecule has 1 aliphatic carbocycles. The van der Waals surface area contributed by atoms with E-state index >= 15 is 0 Å². The highest BCUT2D eigenvalue weighted by Crippen LogP contribution is 2.36. The molecule has 0 aliphatic heterocycles. The lowest BCUT2D eigenvalue weighted by Crippen LogP contribution is -2.48. The summed E-state index contributed by atoms with van der Waals surface area (Å²) < 4.78 is 55.5. The molecule has 212 valence electrons. The monoisotopic (exact) mass is 557 g/mol. The fourth-order valence-corrected chi connectivity index (χ4v) is 5.27. The Bertz CT molecular complexity index is 1160. The average Bonchev–Trinajstić information content (AvgIpc) is 3.14. The van der Waals surface area contributed by atoms with Crippen molar-refractivity contribution >= 4 is 17.2 Å². The highest BCUT2D eigenvalue weighted by atomic mass is 32.2. The van der Waals surface area contributed by atoms with Gasteiger partial charge in [0.05, 0.1) is 16.9 Å². The van der Waals surface area contributed by atoms with Gasteiger partial charge in [-0.1, -0.05) is 20.8 Å². The summed E-state index contributed by atoms with van der Waals surface area (Å²) in [4.78, 5) is 17.6. The molecule has 2 aromatic rings. The molecule has 1 fully saturated rings. The summed E-state index contributed by atoms with van der Waals surface area (Å²) in [6.07, 6.45) is 3.69. The molecular formula is C25H37F2N5O5S. The minimum absolute atomic E-state index is 0.0165. The molecule has 13 heteroatoms. The van der Waals surface area contributed by atoms with Crippen LogP contribution in [-0.2, 0) is 24.2 Å². The van der Waals surface area contributed by atoms with Crippen molar-refractivity contribution in [1.82, 2.24) is 24.8 Å². The summed E-state index contributed by atoms with van der Waals surface area (Å²) >= 11 is -2.12. The molecule has 1 unspecified atom stereocenters. The highest BCUT2D eigenvalue weighted by molar-refractivity contribution is 7.77. The molecule has 1 saturated carbocycles. The SMILES string of the molecule is CCn1nc(C(=O)NCC2(O)CCC(NS(=O)O)CC2)c(C)c1-c1cnc(CC(C)(C)C)cc1OC(F)F. The number of aliphatic hydroxyl groups is 1. The molecule has 4 N–H and O–H groups in total. The van der Waals surface area contributed by atoms with Crippen molar-refractivity contribution in [2.24, 2.45) is 5.41 Å². The summed E-state index contributed by atoms with van der Waals surface area (Å²) in [5.74, 6) is -0.544. The molecule has 1 aliphatic rings. The van der Waals surface area contributed by atoms with Crippen molar-refractivity contribution in [2.45, 2.75) is 91.5 Å². The molecule has 38 heavy (non-hydrogen) atoms. The molecule has 0 bridgehead atoms. The van der Waals surface area contributed by atoms with Crippen molar-refractivity contribution < 1.29 is 32.2 Å². The van der Waals surface area contributed by atoms with Gasteiger partial charge in [-0.25, -0.2) is 8.93 Å². The summed E-state index contributed by atoms with van der Waals surface area (Å²) in [5.41, 5.74) is 0.682. The molecule has 2 heterocycles. The van der Waals surface area contributed by atoms with Crippen LogP contribution in [0.25, 0.3) is 11.3 Å². The Kier molecular flexibility index (Phi) is 9.61. The number of aryl methyl sites for hydroxylation is 1. The molecule has 0 aromatic carbocycles. The predicted molar refractivity (Wildman–Crippen MR) is 139 cm³/mol. The normalized spacial score (nSPS) is 20.9. The first kappa shape index (κ1) is 30.1. The first-order valence-electron chi connectivity index (χ1n) is 12.6. The van der Waals surface area contributed by atoms with E-state index in [1.165, 1.54) is 12.3 Å². The van der Waals surface area contributed by atoms with E-state index in [4.69, 9.17) is 9.29 Å². The highest BCUT2D eigenvalue weighted by Gasteiger charge is 2.34. The third kappa shape index (κ3) is 7.78. The standard InChI is InChI=1S/C25H37F2N5O5S/c1-6-32-21(18-13-28-17(12-24(3,4)5)11-19(18)37-23(26)27)15(2)20(30-32)22(33)29-14-25(34)9-7-16(8-10-25)31-38(35)36/h11,13,16,23,31,34H,6-10,12,14H2,1-5H3,(H,29,33)(H,35,36). The number of amides is 1. The first-order chi connectivity index (χ1) is 17.7. The number of aromatic nitrogens is 3. The molecule has 0 spiro atoms. The van der Waals surface area contributed by atoms with E-state index in [0.717, 1.165) is 0 Å². The van der Waals surface area contributed by atoms with Crippen molar-refractivity contribution in [3.05, 3.63) is 29.2 Å². The second-order valence-electron chi connectivity index (χ2n) is 11.0. The fourth-order valence-electron chi connectivity index (χ4n) is 4.75. The van der Waals surface area contributed by atoms with Crippen molar-refractivity contribution in [1.29, 1.82) is 0 Å². The van der Waals surface area contributed by atoms with Gasteiger partial charge in [-0.3, -0.25) is 19.0 Å². The van der Waals surface area contributed by atoms with Crippen LogP contribution in [-0.4, -0.2) is 59.3 Å². The van der Waals surface area contributed by atoms with Gasteiger partial charge in [0.25, 0.3) is 5.91 Å². The Morgan fingerprint density at radius 3 is 2.55 bits per heavy atom. The lowest BCUT2D eigenvalue weighted by Gasteiger charge is -2.35. The number of nitrogens with one attached hydrogen (secondary N) is 2. The lowest BCUT2D eigenvalue weighted by atomic mass is 9.82. The van der Waals surface area contributed by atoms with Crippen molar-refractivity contribution in [2.75, 3.05) is 6.54 Å². The van der Waals surface area contributed by atoms with E-state index in [2.05, 4.69) is 20.1 Å². The minimum Gasteiger partial charge on any atom is -0.434 e. The molecule has 2 aromatic heterocycles. The number of hydrogen-bond donors (Lipinski definition) is 4. The maximum atomic E-state index is 13.3. The third-order valence-corrected chi connectivity index (χ3v) is 7.11. The van der Waals surface area contributed by atoms with Gasteiger partial charge in [-0.2, -0.15) is 13.9 Å². The summed E-state index contributed by atoms with van der Waals surface area (Å²) in [6.45, 7) is 6.88. The number of rotatable bonds is 10. The van der Waals surface area contributed by atoms with Gasteiger partial charge < -0.3 is 15.2 Å².